The molecule has 108 valence electrons. The van der Waals surface area contributed by atoms with E-state index in [4.69, 9.17) is 17.3 Å². The quantitative estimate of drug-likeness (QED) is 0.892. The Bertz CT molecular complexity index is 740. The molecule has 0 aromatic heterocycles. The predicted octanol–water partition coefficient (Wildman–Crippen LogP) is 3.50. The monoisotopic (exact) mass is 300 g/mol. The van der Waals surface area contributed by atoms with Crippen molar-refractivity contribution >= 4 is 23.2 Å². The van der Waals surface area contributed by atoms with Crippen molar-refractivity contribution in [1.82, 2.24) is 0 Å². The average molecular weight is 301 g/mol. The van der Waals surface area contributed by atoms with Crippen LogP contribution in [-0.4, -0.2) is 5.91 Å². The number of anilines is 1. The summed E-state index contributed by atoms with van der Waals surface area (Å²) in [5, 5.41) is 3.39. The van der Waals surface area contributed by atoms with Gasteiger partial charge < -0.3 is 11.1 Å². The topological polar surface area (TPSA) is 55.1 Å². The molecule has 1 atom stereocenters. The molecular weight excluding hydrogens is 284 g/mol. The molecule has 0 bridgehead atoms. The van der Waals surface area contributed by atoms with E-state index in [2.05, 4.69) is 25.2 Å². The lowest BCUT2D eigenvalue weighted by Crippen LogP contribution is -2.14. The second-order valence-electron chi connectivity index (χ2n) is 5.52. The number of aryl methyl sites for hydroxylation is 1. The van der Waals surface area contributed by atoms with E-state index in [0.717, 1.165) is 22.4 Å². The highest BCUT2D eigenvalue weighted by atomic mass is 35.5. The van der Waals surface area contributed by atoms with Crippen molar-refractivity contribution in [2.75, 3.05) is 5.32 Å². The lowest BCUT2D eigenvalue weighted by atomic mass is 9.92. The lowest BCUT2D eigenvalue weighted by molar-refractivity contribution is -0.115. The van der Waals surface area contributed by atoms with Crippen LogP contribution in [0.2, 0.25) is 5.02 Å². The lowest BCUT2D eigenvalue weighted by Gasteiger charge is -2.19. The Hall–Kier alpha value is -1.84. The van der Waals surface area contributed by atoms with Gasteiger partial charge in [0.05, 0.1) is 12.5 Å². The first-order valence-electron chi connectivity index (χ1n) is 6.91. The summed E-state index contributed by atoms with van der Waals surface area (Å²) in [7, 11) is 0. The summed E-state index contributed by atoms with van der Waals surface area (Å²) in [5.74, 6) is -0.00137. The summed E-state index contributed by atoms with van der Waals surface area (Å²) in [5.41, 5.74) is 12.5. The predicted molar refractivity (Wildman–Crippen MR) is 85.7 cm³/mol. The molecule has 1 heterocycles. The van der Waals surface area contributed by atoms with Gasteiger partial charge in [0.1, 0.15) is 0 Å². The third-order valence-electron chi connectivity index (χ3n) is 4.16. The van der Waals surface area contributed by atoms with Crippen molar-refractivity contribution in [1.29, 1.82) is 0 Å². The number of halogens is 1. The Morgan fingerprint density at radius 1 is 1.24 bits per heavy atom. The van der Waals surface area contributed by atoms with Crippen LogP contribution in [0.25, 0.3) is 0 Å². The van der Waals surface area contributed by atoms with Gasteiger partial charge in [0, 0.05) is 10.7 Å². The number of benzene rings is 2. The van der Waals surface area contributed by atoms with E-state index in [1.807, 2.05) is 18.2 Å². The van der Waals surface area contributed by atoms with Crippen LogP contribution in [0.1, 0.15) is 33.9 Å². The molecule has 0 radical (unpaired) electrons. The molecule has 2 aromatic rings. The summed E-state index contributed by atoms with van der Waals surface area (Å²) >= 11 is 6.36. The fourth-order valence-corrected chi connectivity index (χ4v) is 3.06. The Kier molecular flexibility index (Phi) is 3.47. The molecule has 0 fully saturated rings. The zero-order valence-electron chi connectivity index (χ0n) is 12.0. The number of hydrogen-bond acceptors (Lipinski definition) is 2. The van der Waals surface area contributed by atoms with E-state index in [-0.39, 0.29) is 11.9 Å². The first-order chi connectivity index (χ1) is 9.97. The second-order valence-corrected chi connectivity index (χ2v) is 5.93. The van der Waals surface area contributed by atoms with Gasteiger partial charge in [-0.2, -0.15) is 0 Å². The van der Waals surface area contributed by atoms with E-state index in [1.165, 1.54) is 11.1 Å². The highest BCUT2D eigenvalue weighted by molar-refractivity contribution is 6.32. The fraction of sp³-hybridized carbons (Fsp3) is 0.235. The van der Waals surface area contributed by atoms with E-state index in [1.54, 1.807) is 6.07 Å². The number of nitrogens with one attached hydrogen (secondary N) is 1. The zero-order valence-corrected chi connectivity index (χ0v) is 12.8. The number of rotatable bonds is 2. The summed E-state index contributed by atoms with van der Waals surface area (Å²) in [4.78, 5) is 11.5. The summed E-state index contributed by atoms with van der Waals surface area (Å²) < 4.78 is 0. The Labute approximate surface area is 129 Å². The molecular formula is C17H17ClN2O. The van der Waals surface area contributed by atoms with Gasteiger partial charge in [-0.1, -0.05) is 29.8 Å². The molecule has 3 rings (SSSR count). The molecule has 0 saturated carbocycles. The third-order valence-corrected chi connectivity index (χ3v) is 4.49. The molecule has 0 spiro atoms. The van der Waals surface area contributed by atoms with Crippen LogP contribution in [-0.2, 0) is 11.2 Å². The van der Waals surface area contributed by atoms with Gasteiger partial charge in [0.25, 0.3) is 0 Å². The van der Waals surface area contributed by atoms with Crippen LogP contribution < -0.4 is 11.1 Å². The van der Waals surface area contributed by atoms with Crippen molar-refractivity contribution in [3.8, 4) is 0 Å². The molecule has 2 aromatic carbocycles. The first kappa shape index (κ1) is 14.1. The number of amides is 1. The van der Waals surface area contributed by atoms with Crippen molar-refractivity contribution < 1.29 is 4.79 Å². The highest BCUT2D eigenvalue weighted by Crippen LogP contribution is 2.35. The van der Waals surface area contributed by atoms with Gasteiger partial charge in [0.15, 0.2) is 0 Å². The molecule has 21 heavy (non-hydrogen) atoms. The molecule has 3 N–H and O–H groups in total. The summed E-state index contributed by atoms with van der Waals surface area (Å²) in [6.07, 6.45) is 0.388. The Morgan fingerprint density at radius 3 is 2.76 bits per heavy atom. The smallest absolute Gasteiger partial charge is 0.228 e. The number of fused-ring (bicyclic) bond motifs is 1. The molecule has 4 heteroatoms. The van der Waals surface area contributed by atoms with Gasteiger partial charge in [-0.25, -0.2) is 0 Å². The number of nitrogens with two attached hydrogens (primary N) is 1. The van der Waals surface area contributed by atoms with Crippen LogP contribution in [0, 0.1) is 13.8 Å². The van der Waals surface area contributed by atoms with E-state index in [9.17, 15) is 4.79 Å². The number of hydrogen-bond donors (Lipinski definition) is 2. The Morgan fingerprint density at radius 2 is 2.00 bits per heavy atom. The maximum atomic E-state index is 11.5. The van der Waals surface area contributed by atoms with Crippen LogP contribution in [0.4, 0.5) is 5.69 Å². The molecule has 0 saturated heterocycles. The first-order valence-corrected chi connectivity index (χ1v) is 7.29. The van der Waals surface area contributed by atoms with Crippen molar-refractivity contribution in [3.63, 3.8) is 0 Å². The van der Waals surface area contributed by atoms with Crippen molar-refractivity contribution in [2.24, 2.45) is 5.73 Å². The normalized spacial score (nSPS) is 14.8. The molecule has 1 unspecified atom stereocenters. The van der Waals surface area contributed by atoms with Crippen LogP contribution in [0.3, 0.4) is 0 Å². The van der Waals surface area contributed by atoms with E-state index >= 15 is 0 Å². The SMILES string of the molecule is Cc1cccc(C(N)c2cc3c(cc2Cl)NC(=O)C3)c1C. The van der Waals surface area contributed by atoms with Gasteiger partial charge in [-0.05, 0) is 53.8 Å². The van der Waals surface area contributed by atoms with Crippen LogP contribution >= 0.6 is 11.6 Å². The second kappa shape index (κ2) is 5.17. The fourth-order valence-electron chi connectivity index (χ4n) is 2.78. The minimum absolute atomic E-state index is 0.00137. The van der Waals surface area contributed by atoms with E-state index < -0.39 is 0 Å². The summed E-state index contributed by atoms with van der Waals surface area (Å²) in [6.45, 7) is 4.13. The van der Waals surface area contributed by atoms with Crippen molar-refractivity contribution in [2.45, 2.75) is 26.3 Å². The van der Waals surface area contributed by atoms with Crippen molar-refractivity contribution in [3.05, 3.63) is 63.2 Å². The summed E-state index contributed by atoms with van der Waals surface area (Å²) in [6, 6.07) is 9.55. The minimum atomic E-state index is -0.293. The molecule has 3 nitrogen and oxygen atoms in total. The number of carbonyl (C=O) groups is 1. The van der Waals surface area contributed by atoms with Gasteiger partial charge >= 0.3 is 0 Å². The van der Waals surface area contributed by atoms with Gasteiger partial charge in [-0.3, -0.25) is 4.79 Å². The molecule has 1 amide bonds. The van der Waals surface area contributed by atoms with Crippen LogP contribution in [0.15, 0.2) is 30.3 Å². The Balaban J connectivity index is 2.06. The minimum Gasteiger partial charge on any atom is -0.325 e. The molecule has 1 aliphatic heterocycles. The zero-order chi connectivity index (χ0) is 15.1. The number of carbonyl (C=O) groups excluding carboxylic acids is 1. The third kappa shape index (κ3) is 2.43. The van der Waals surface area contributed by atoms with Crippen LogP contribution in [0.5, 0.6) is 0 Å². The maximum Gasteiger partial charge on any atom is 0.228 e. The molecule has 1 aliphatic rings. The van der Waals surface area contributed by atoms with Gasteiger partial charge in [0.2, 0.25) is 5.91 Å². The highest BCUT2D eigenvalue weighted by Gasteiger charge is 2.22. The average Bonchev–Trinajstić information content (AvgIpc) is 2.79. The maximum absolute atomic E-state index is 11.5. The van der Waals surface area contributed by atoms with Gasteiger partial charge in [-0.15, -0.1) is 0 Å². The van der Waals surface area contributed by atoms with E-state index in [0.29, 0.717) is 11.4 Å². The standard InChI is InChI=1S/C17H17ClN2O/c1-9-4-3-5-12(10(9)2)17(19)13-6-11-7-16(21)20-15(11)8-14(13)18/h3-6,8,17H,7,19H2,1-2H3,(H,20,21). The largest absolute Gasteiger partial charge is 0.325 e. The molecule has 0 aliphatic carbocycles.